The molecule has 0 aromatic heterocycles. The Bertz CT molecular complexity index is 210. The van der Waals surface area contributed by atoms with E-state index in [1.54, 1.807) is 20.8 Å². The van der Waals surface area contributed by atoms with Crippen LogP contribution in [0, 0.1) is 0 Å². The summed E-state index contributed by atoms with van der Waals surface area (Å²) in [6.45, 7) is 3.33. The minimum atomic E-state index is -2.71. The van der Waals surface area contributed by atoms with Gasteiger partial charge in [0.2, 0.25) is 0 Å². The Labute approximate surface area is 88.4 Å². The summed E-state index contributed by atoms with van der Waals surface area (Å²) >= 11 is 10.5. The first kappa shape index (κ1) is 13.3. The molecule has 0 rings (SSSR count). The molecule has 0 atom stereocenters. The van der Waals surface area contributed by atoms with E-state index < -0.39 is 6.72 Å². The Balaban J connectivity index is 4.24. The van der Waals surface area contributed by atoms with Gasteiger partial charge in [0.25, 0.3) is 0 Å². The minimum Gasteiger partial charge on any atom is -0.313 e. The van der Waals surface area contributed by atoms with Gasteiger partial charge in [0.05, 0.1) is 13.2 Å². The summed E-state index contributed by atoms with van der Waals surface area (Å²) in [6, 6.07) is 0. The maximum absolute atomic E-state index is 5.47. The zero-order valence-corrected chi connectivity index (χ0v) is 10.3. The van der Waals surface area contributed by atoms with Gasteiger partial charge in [0.1, 0.15) is 5.17 Å². The van der Waals surface area contributed by atoms with Gasteiger partial charge in [-0.2, -0.15) is 0 Å². The summed E-state index contributed by atoms with van der Waals surface area (Å²) in [5.41, 5.74) is 0. The van der Waals surface area contributed by atoms with Crippen LogP contribution in [0.2, 0.25) is 0 Å². The topological polar surface area (TPSA) is 40.0 Å². The number of oxime groups is 1. The monoisotopic (exact) mass is 245 g/mol. The second-order valence-corrected chi connectivity index (χ2v) is 5.42. The van der Waals surface area contributed by atoms with Crippen molar-refractivity contribution in [1.82, 2.24) is 0 Å². The number of halogens is 1. The Morgan fingerprint density at radius 3 is 2.15 bits per heavy atom. The van der Waals surface area contributed by atoms with Gasteiger partial charge in [-0.3, -0.25) is 9.05 Å². The van der Waals surface area contributed by atoms with E-state index in [2.05, 4.69) is 5.16 Å². The zero-order chi connectivity index (χ0) is 10.3. The van der Waals surface area contributed by atoms with Crippen molar-refractivity contribution in [2.45, 2.75) is 20.8 Å². The van der Waals surface area contributed by atoms with Gasteiger partial charge in [0, 0.05) is 11.8 Å². The smallest absolute Gasteiger partial charge is 0.313 e. The van der Waals surface area contributed by atoms with Gasteiger partial charge >= 0.3 is 6.72 Å². The first-order chi connectivity index (χ1) is 6.04. The summed E-state index contributed by atoms with van der Waals surface area (Å²) in [7, 11) is 0. The highest BCUT2D eigenvalue weighted by Crippen LogP contribution is 2.49. The molecule has 0 radical (unpaired) electrons. The van der Waals surface area contributed by atoms with E-state index in [-0.39, 0.29) is 5.17 Å². The van der Waals surface area contributed by atoms with Crippen LogP contribution in [-0.2, 0) is 25.5 Å². The molecule has 0 N–H and O–H groups in total. The molecule has 0 aromatic rings. The van der Waals surface area contributed by atoms with Crippen molar-refractivity contribution in [2.24, 2.45) is 5.16 Å². The van der Waals surface area contributed by atoms with Crippen LogP contribution in [0.15, 0.2) is 5.16 Å². The van der Waals surface area contributed by atoms with Crippen LogP contribution >= 0.6 is 18.3 Å². The average Bonchev–Trinajstić information content (AvgIpc) is 2.02. The molecule has 0 unspecified atom stereocenters. The minimum absolute atomic E-state index is 0.258. The highest BCUT2D eigenvalue weighted by molar-refractivity contribution is 8.07. The Kier molecular flexibility index (Phi) is 6.91. The van der Waals surface area contributed by atoms with Crippen LogP contribution in [0.25, 0.3) is 0 Å². The summed E-state index contributed by atoms with van der Waals surface area (Å²) in [6.07, 6.45) is 0. The maximum atomic E-state index is 5.47. The van der Waals surface area contributed by atoms with Gasteiger partial charge in [-0.25, -0.2) is 0 Å². The SMILES string of the molecule is CCOP(=S)(OCC)O/N=C(/C)Cl. The fraction of sp³-hybridized carbons (Fsp3) is 0.833. The lowest BCUT2D eigenvalue weighted by Gasteiger charge is -2.16. The van der Waals surface area contributed by atoms with Crippen molar-refractivity contribution in [1.29, 1.82) is 0 Å². The molecule has 78 valence electrons. The average molecular weight is 246 g/mol. The van der Waals surface area contributed by atoms with Gasteiger partial charge in [0.15, 0.2) is 0 Å². The molecule has 7 heteroatoms. The third-order valence-corrected chi connectivity index (χ3v) is 3.17. The van der Waals surface area contributed by atoms with Crippen molar-refractivity contribution in [2.75, 3.05) is 13.2 Å². The third kappa shape index (κ3) is 6.41. The van der Waals surface area contributed by atoms with Crippen LogP contribution in [0.1, 0.15) is 20.8 Å². The summed E-state index contributed by atoms with van der Waals surface area (Å²) in [5.74, 6) is 0. The van der Waals surface area contributed by atoms with Crippen LogP contribution in [0.4, 0.5) is 0 Å². The molecule has 0 heterocycles. The quantitative estimate of drug-likeness (QED) is 0.410. The lowest BCUT2D eigenvalue weighted by Crippen LogP contribution is -1.97. The predicted molar refractivity (Wildman–Crippen MR) is 57.6 cm³/mol. The molecule has 0 aromatic carbocycles. The van der Waals surface area contributed by atoms with Gasteiger partial charge in [-0.15, -0.1) is 0 Å². The summed E-state index contributed by atoms with van der Waals surface area (Å²) in [4.78, 5) is 0. The van der Waals surface area contributed by atoms with E-state index in [0.717, 1.165) is 0 Å². The molecular formula is C6H13ClNO3PS. The molecule has 0 bridgehead atoms. The van der Waals surface area contributed by atoms with E-state index >= 15 is 0 Å². The molecule has 0 spiro atoms. The van der Waals surface area contributed by atoms with Gasteiger partial charge in [-0.05, 0) is 20.8 Å². The Morgan fingerprint density at radius 2 is 1.85 bits per heavy atom. The molecule has 0 aliphatic carbocycles. The second-order valence-electron chi connectivity index (χ2n) is 1.95. The van der Waals surface area contributed by atoms with E-state index in [1.165, 1.54) is 0 Å². The Morgan fingerprint density at radius 1 is 1.38 bits per heavy atom. The fourth-order valence-corrected chi connectivity index (χ4v) is 2.35. The molecular weight excluding hydrogens is 233 g/mol. The van der Waals surface area contributed by atoms with E-state index in [1.807, 2.05) is 0 Å². The molecule has 4 nitrogen and oxygen atoms in total. The maximum Gasteiger partial charge on any atom is 0.402 e. The summed E-state index contributed by atoms with van der Waals surface area (Å²) in [5, 5.41) is 3.77. The first-order valence-corrected chi connectivity index (χ1v) is 6.75. The molecule has 0 amide bonds. The van der Waals surface area contributed by atoms with E-state index in [4.69, 9.17) is 37.1 Å². The largest absolute Gasteiger partial charge is 0.402 e. The highest BCUT2D eigenvalue weighted by Gasteiger charge is 2.20. The van der Waals surface area contributed by atoms with Crippen molar-refractivity contribution in [3.8, 4) is 0 Å². The van der Waals surface area contributed by atoms with Gasteiger partial charge in [-0.1, -0.05) is 16.8 Å². The number of hydrogen-bond donors (Lipinski definition) is 0. The van der Waals surface area contributed by atoms with Crippen LogP contribution in [0.5, 0.6) is 0 Å². The van der Waals surface area contributed by atoms with Crippen LogP contribution in [0.3, 0.4) is 0 Å². The van der Waals surface area contributed by atoms with E-state index in [9.17, 15) is 0 Å². The van der Waals surface area contributed by atoms with E-state index in [0.29, 0.717) is 13.2 Å². The molecule has 0 aliphatic heterocycles. The summed E-state index contributed by atoms with van der Waals surface area (Å²) < 4.78 is 15.2. The fourth-order valence-electron chi connectivity index (χ4n) is 0.507. The highest BCUT2D eigenvalue weighted by atomic mass is 35.5. The molecule has 0 saturated heterocycles. The van der Waals surface area contributed by atoms with Crippen LogP contribution < -0.4 is 0 Å². The number of rotatable bonds is 6. The lowest BCUT2D eigenvalue weighted by molar-refractivity contribution is 0.172. The van der Waals surface area contributed by atoms with Crippen molar-refractivity contribution >= 4 is 35.3 Å². The normalized spacial score (nSPS) is 13.1. The van der Waals surface area contributed by atoms with Crippen molar-refractivity contribution in [3.05, 3.63) is 0 Å². The molecule has 0 fully saturated rings. The molecule has 0 aliphatic rings. The zero-order valence-electron chi connectivity index (χ0n) is 7.82. The van der Waals surface area contributed by atoms with Crippen LogP contribution in [-0.4, -0.2) is 18.4 Å². The number of nitrogens with zero attached hydrogens (tertiary/aromatic N) is 1. The van der Waals surface area contributed by atoms with Crippen molar-refractivity contribution < 1.29 is 13.7 Å². The number of hydrogen-bond acceptors (Lipinski definition) is 5. The second kappa shape index (κ2) is 6.74. The third-order valence-electron chi connectivity index (χ3n) is 0.841. The van der Waals surface area contributed by atoms with Gasteiger partial charge < -0.3 is 4.62 Å². The first-order valence-electron chi connectivity index (χ1n) is 3.82. The standard InChI is InChI=1S/C6H13ClNO3PS/c1-4-9-12(13,10-5-2)11-8-6(3)7/h4-5H2,1-3H3/b8-6-. The predicted octanol–water partition coefficient (Wildman–Crippen LogP) is 2.87. The molecule has 13 heavy (non-hydrogen) atoms. The Hall–Kier alpha value is 0.330. The lowest BCUT2D eigenvalue weighted by atomic mass is 10.9. The van der Waals surface area contributed by atoms with Crippen molar-refractivity contribution in [3.63, 3.8) is 0 Å². The molecule has 0 saturated carbocycles.